The van der Waals surface area contributed by atoms with Crippen LogP contribution in [0.2, 0.25) is 0 Å². The van der Waals surface area contributed by atoms with Crippen LogP contribution >= 0.6 is 0 Å². The number of carbonyl (C=O) groups is 2. The molecule has 2 aromatic heterocycles. The first-order valence-electron chi connectivity index (χ1n) is 11.2. The van der Waals surface area contributed by atoms with Crippen molar-refractivity contribution in [3.63, 3.8) is 0 Å². The van der Waals surface area contributed by atoms with E-state index >= 15 is 0 Å². The van der Waals surface area contributed by atoms with Gasteiger partial charge in [0.2, 0.25) is 11.8 Å². The number of H-pyrrole nitrogens is 1. The maximum absolute atomic E-state index is 13.2. The molecule has 1 atom stereocenters. The van der Waals surface area contributed by atoms with E-state index in [2.05, 4.69) is 5.10 Å². The minimum absolute atomic E-state index is 0.0465. The lowest BCUT2D eigenvalue weighted by atomic mass is 9.99. The highest BCUT2D eigenvalue weighted by Crippen LogP contribution is 2.31. The third kappa shape index (κ3) is 3.22. The highest BCUT2D eigenvalue weighted by atomic mass is 16.2. The number of fused-ring (bicyclic) bond motifs is 2. The molecule has 5 rings (SSSR count). The molecule has 0 radical (unpaired) electrons. The van der Waals surface area contributed by atoms with Crippen molar-refractivity contribution in [3.05, 3.63) is 33.4 Å². The number of aromatic amines is 1. The summed E-state index contributed by atoms with van der Waals surface area (Å²) in [5, 5.41) is 3.21. The summed E-state index contributed by atoms with van der Waals surface area (Å²) in [6, 6.07) is 1.86. The second-order valence-corrected chi connectivity index (χ2v) is 8.96. The van der Waals surface area contributed by atoms with Crippen LogP contribution in [-0.4, -0.2) is 49.3 Å². The Balaban J connectivity index is 1.47. The minimum atomic E-state index is -0.129. The quantitative estimate of drug-likeness (QED) is 0.820. The van der Waals surface area contributed by atoms with E-state index in [1.165, 1.54) is 4.52 Å². The lowest BCUT2D eigenvalue weighted by Crippen LogP contribution is -2.42. The number of hydrogen-bond acceptors (Lipinski definition) is 4. The summed E-state index contributed by atoms with van der Waals surface area (Å²) in [5.74, 6) is 0.361. The van der Waals surface area contributed by atoms with Crippen molar-refractivity contribution in [3.8, 4) is 0 Å². The van der Waals surface area contributed by atoms with E-state index in [4.69, 9.17) is 4.98 Å². The molecule has 1 N–H and O–H groups in total. The first kappa shape index (κ1) is 19.3. The summed E-state index contributed by atoms with van der Waals surface area (Å²) in [6.45, 7) is 3.31. The predicted octanol–water partition coefficient (Wildman–Crippen LogP) is 2.17. The third-order valence-corrected chi connectivity index (χ3v) is 7.06. The van der Waals surface area contributed by atoms with Crippen LogP contribution in [0.5, 0.6) is 0 Å². The molecule has 30 heavy (non-hydrogen) atoms. The van der Waals surface area contributed by atoms with E-state index in [0.29, 0.717) is 30.7 Å². The normalized spacial score (nSPS) is 22.5. The Labute approximate surface area is 175 Å². The van der Waals surface area contributed by atoms with E-state index < -0.39 is 0 Å². The van der Waals surface area contributed by atoms with Crippen LogP contribution in [0.15, 0.2) is 10.9 Å². The standard InChI is InChI=1S/C22H29N5O3/c1-14(28)26-10-5-4-8-19(26)18-12-20-23-17-9-11-25(21(29)15-6-2-3-7-15)13-16(17)22(30)27(20)24-18/h12,15,19,24H,2-11,13H2,1H3. The van der Waals surface area contributed by atoms with Crippen molar-refractivity contribution in [2.45, 2.75) is 70.9 Å². The number of aromatic nitrogens is 3. The Morgan fingerprint density at radius 2 is 1.87 bits per heavy atom. The monoisotopic (exact) mass is 411 g/mol. The number of hydrogen-bond donors (Lipinski definition) is 1. The van der Waals surface area contributed by atoms with Crippen molar-refractivity contribution >= 4 is 17.5 Å². The molecule has 2 amide bonds. The van der Waals surface area contributed by atoms with Crippen LogP contribution < -0.4 is 5.56 Å². The number of rotatable bonds is 2. The van der Waals surface area contributed by atoms with E-state index in [1.54, 1.807) is 6.92 Å². The van der Waals surface area contributed by atoms with E-state index in [1.807, 2.05) is 15.9 Å². The molecular formula is C22H29N5O3. The topological polar surface area (TPSA) is 90.8 Å². The van der Waals surface area contributed by atoms with Crippen LogP contribution in [0, 0.1) is 5.92 Å². The average Bonchev–Trinajstić information content (AvgIpc) is 3.43. The predicted molar refractivity (Wildman–Crippen MR) is 111 cm³/mol. The smallest absolute Gasteiger partial charge is 0.277 e. The van der Waals surface area contributed by atoms with Gasteiger partial charge < -0.3 is 9.80 Å². The SMILES string of the molecule is CC(=O)N1CCCCC1c1cc2nc3c(c(=O)n2[nH]1)CN(C(=O)C1CCCC1)CC3. The molecule has 2 fully saturated rings. The fraction of sp³-hybridized carbons (Fsp3) is 0.636. The number of nitrogens with one attached hydrogen (secondary N) is 1. The van der Waals surface area contributed by atoms with Gasteiger partial charge in [0.05, 0.1) is 29.5 Å². The van der Waals surface area contributed by atoms with Gasteiger partial charge in [0.25, 0.3) is 5.56 Å². The first-order chi connectivity index (χ1) is 14.5. The number of nitrogens with zero attached hydrogens (tertiary/aromatic N) is 4. The molecular weight excluding hydrogens is 382 g/mol. The molecule has 4 heterocycles. The second-order valence-electron chi connectivity index (χ2n) is 8.96. The molecule has 0 bridgehead atoms. The molecule has 2 aromatic rings. The lowest BCUT2D eigenvalue weighted by Gasteiger charge is -2.34. The van der Waals surface area contributed by atoms with E-state index in [0.717, 1.165) is 62.9 Å². The van der Waals surface area contributed by atoms with Crippen LogP contribution in [-0.2, 0) is 22.6 Å². The Morgan fingerprint density at radius 1 is 1.10 bits per heavy atom. The Morgan fingerprint density at radius 3 is 2.63 bits per heavy atom. The molecule has 1 aliphatic carbocycles. The fourth-order valence-corrected chi connectivity index (χ4v) is 5.42. The van der Waals surface area contributed by atoms with Crippen LogP contribution in [0.4, 0.5) is 0 Å². The van der Waals surface area contributed by atoms with Crippen molar-refractivity contribution in [1.29, 1.82) is 0 Å². The van der Waals surface area contributed by atoms with Gasteiger partial charge in [-0.1, -0.05) is 12.8 Å². The molecule has 1 saturated heterocycles. The Bertz CT molecular complexity index is 1050. The van der Waals surface area contributed by atoms with Crippen LogP contribution in [0.3, 0.4) is 0 Å². The summed E-state index contributed by atoms with van der Waals surface area (Å²) in [4.78, 5) is 46.6. The zero-order valence-corrected chi connectivity index (χ0v) is 17.5. The molecule has 2 aliphatic heterocycles. The van der Waals surface area contributed by atoms with Gasteiger partial charge in [-0.15, -0.1) is 0 Å². The van der Waals surface area contributed by atoms with Crippen LogP contribution in [0.1, 0.15) is 74.9 Å². The van der Waals surface area contributed by atoms with Gasteiger partial charge in [0, 0.05) is 38.4 Å². The van der Waals surface area contributed by atoms with Crippen molar-refractivity contribution in [2.75, 3.05) is 13.1 Å². The zero-order valence-electron chi connectivity index (χ0n) is 17.5. The highest BCUT2D eigenvalue weighted by molar-refractivity contribution is 5.79. The van der Waals surface area contributed by atoms with Gasteiger partial charge in [-0.05, 0) is 32.1 Å². The van der Waals surface area contributed by atoms with Gasteiger partial charge in [0.1, 0.15) is 0 Å². The van der Waals surface area contributed by atoms with Crippen molar-refractivity contribution in [1.82, 2.24) is 24.4 Å². The van der Waals surface area contributed by atoms with Gasteiger partial charge in [0.15, 0.2) is 5.65 Å². The van der Waals surface area contributed by atoms with Gasteiger partial charge in [-0.2, -0.15) is 0 Å². The second kappa shape index (κ2) is 7.56. The highest BCUT2D eigenvalue weighted by Gasteiger charge is 2.32. The number of amides is 2. The van der Waals surface area contributed by atoms with E-state index in [9.17, 15) is 14.4 Å². The maximum Gasteiger partial charge on any atom is 0.277 e. The maximum atomic E-state index is 13.2. The number of carbonyl (C=O) groups excluding carboxylic acids is 2. The summed E-state index contributed by atoms with van der Waals surface area (Å²) >= 11 is 0. The Kier molecular flexibility index (Phi) is 4.87. The summed E-state index contributed by atoms with van der Waals surface area (Å²) in [6.07, 6.45) is 7.73. The largest absolute Gasteiger partial charge is 0.337 e. The zero-order chi connectivity index (χ0) is 20.8. The molecule has 0 spiro atoms. The molecule has 1 unspecified atom stereocenters. The lowest BCUT2D eigenvalue weighted by molar-refractivity contribution is -0.136. The third-order valence-electron chi connectivity index (χ3n) is 7.06. The average molecular weight is 412 g/mol. The molecule has 3 aliphatic rings. The molecule has 8 nitrogen and oxygen atoms in total. The Hall–Kier alpha value is -2.64. The van der Waals surface area contributed by atoms with Gasteiger partial charge in [-0.25, -0.2) is 9.50 Å². The molecule has 0 aromatic carbocycles. The first-order valence-corrected chi connectivity index (χ1v) is 11.2. The van der Waals surface area contributed by atoms with Gasteiger partial charge in [-0.3, -0.25) is 19.5 Å². The molecule has 1 saturated carbocycles. The molecule has 8 heteroatoms. The summed E-state index contributed by atoms with van der Waals surface area (Å²) < 4.78 is 1.49. The number of likely N-dealkylation sites (tertiary alicyclic amines) is 1. The van der Waals surface area contributed by atoms with Crippen LogP contribution in [0.25, 0.3) is 5.65 Å². The molecule has 160 valence electrons. The summed E-state index contributed by atoms with van der Waals surface area (Å²) in [5.41, 5.74) is 2.74. The summed E-state index contributed by atoms with van der Waals surface area (Å²) in [7, 11) is 0. The van der Waals surface area contributed by atoms with Crippen molar-refractivity contribution in [2.24, 2.45) is 5.92 Å². The van der Waals surface area contributed by atoms with Gasteiger partial charge >= 0.3 is 0 Å². The van der Waals surface area contributed by atoms with Crippen molar-refractivity contribution < 1.29 is 9.59 Å². The fourth-order valence-electron chi connectivity index (χ4n) is 5.42. The number of piperidine rings is 1. The van der Waals surface area contributed by atoms with E-state index in [-0.39, 0.29) is 29.3 Å². The minimum Gasteiger partial charge on any atom is -0.337 e.